The van der Waals surface area contributed by atoms with Crippen molar-refractivity contribution in [2.24, 2.45) is 0 Å². The fourth-order valence-electron chi connectivity index (χ4n) is 2.44. The van der Waals surface area contributed by atoms with Gasteiger partial charge < -0.3 is 15.1 Å². The van der Waals surface area contributed by atoms with Gasteiger partial charge in [0.05, 0.1) is 0 Å². The minimum Gasteiger partial charge on any atom is -0.315 e. The first kappa shape index (κ1) is 14.0. The zero-order valence-corrected chi connectivity index (χ0v) is 12.4. The zero-order valence-electron chi connectivity index (χ0n) is 11.6. The number of hydrogen-bond acceptors (Lipinski definition) is 4. The molecule has 1 aromatic rings. The predicted molar refractivity (Wildman–Crippen MR) is 79.1 cm³/mol. The van der Waals surface area contributed by atoms with E-state index in [9.17, 15) is 0 Å². The molecule has 1 saturated heterocycles. The van der Waals surface area contributed by atoms with Crippen LogP contribution in [0.2, 0.25) is 0 Å². The summed E-state index contributed by atoms with van der Waals surface area (Å²) < 4.78 is 0. The van der Waals surface area contributed by atoms with Gasteiger partial charge in [0.25, 0.3) is 0 Å². The molecule has 4 heteroatoms. The van der Waals surface area contributed by atoms with Crippen molar-refractivity contribution in [3.63, 3.8) is 0 Å². The zero-order chi connectivity index (χ0) is 12.8. The Morgan fingerprint density at radius 1 is 1.28 bits per heavy atom. The molecule has 18 heavy (non-hydrogen) atoms. The third-order valence-electron chi connectivity index (χ3n) is 3.49. The molecule has 0 aromatic carbocycles. The molecule has 0 saturated carbocycles. The van der Waals surface area contributed by atoms with Crippen LogP contribution in [0.3, 0.4) is 0 Å². The summed E-state index contributed by atoms with van der Waals surface area (Å²) in [6, 6.07) is 4.51. The molecular weight excluding hydrogens is 242 g/mol. The van der Waals surface area contributed by atoms with Crippen LogP contribution in [-0.2, 0) is 13.1 Å². The van der Waals surface area contributed by atoms with E-state index in [-0.39, 0.29) is 0 Å². The molecule has 1 aliphatic heterocycles. The highest BCUT2D eigenvalue weighted by Crippen LogP contribution is 2.17. The molecule has 2 heterocycles. The summed E-state index contributed by atoms with van der Waals surface area (Å²) in [4.78, 5) is 7.93. The van der Waals surface area contributed by atoms with E-state index in [1.54, 1.807) is 0 Å². The van der Waals surface area contributed by atoms with Gasteiger partial charge in [0.1, 0.15) is 0 Å². The van der Waals surface area contributed by atoms with Crippen molar-refractivity contribution in [1.82, 2.24) is 15.1 Å². The lowest BCUT2D eigenvalue weighted by molar-refractivity contribution is 0.253. The summed E-state index contributed by atoms with van der Waals surface area (Å²) in [5.74, 6) is 0. The van der Waals surface area contributed by atoms with E-state index in [0.29, 0.717) is 0 Å². The van der Waals surface area contributed by atoms with Crippen molar-refractivity contribution in [3.05, 3.63) is 21.9 Å². The molecule has 3 nitrogen and oxygen atoms in total. The third kappa shape index (κ3) is 4.35. The molecule has 0 amide bonds. The molecule has 2 rings (SSSR count). The molecule has 0 atom stereocenters. The van der Waals surface area contributed by atoms with Gasteiger partial charge >= 0.3 is 0 Å². The van der Waals surface area contributed by atoms with Crippen molar-refractivity contribution >= 4 is 11.3 Å². The molecule has 0 radical (unpaired) electrons. The number of thiophene rings is 1. The predicted octanol–water partition coefficient (Wildman–Crippen LogP) is 2.00. The lowest BCUT2D eigenvalue weighted by Gasteiger charge is -2.20. The van der Waals surface area contributed by atoms with Crippen LogP contribution in [0.1, 0.15) is 22.6 Å². The summed E-state index contributed by atoms with van der Waals surface area (Å²) in [5.41, 5.74) is 0. The van der Waals surface area contributed by atoms with Crippen LogP contribution in [-0.4, -0.2) is 50.1 Å². The molecule has 1 aromatic heterocycles. The van der Waals surface area contributed by atoms with Gasteiger partial charge in [-0.05, 0) is 52.2 Å². The van der Waals surface area contributed by atoms with E-state index in [2.05, 4.69) is 34.3 Å². The summed E-state index contributed by atoms with van der Waals surface area (Å²) in [5, 5.41) is 3.20. The Balaban J connectivity index is 1.70. The fraction of sp³-hybridized carbons (Fsp3) is 0.714. The van der Waals surface area contributed by atoms with Crippen molar-refractivity contribution in [3.8, 4) is 0 Å². The SMILES string of the molecule is CNCc1ccc(CN(C)CCN2CCCC2)s1. The summed E-state index contributed by atoms with van der Waals surface area (Å²) >= 11 is 1.93. The Hall–Kier alpha value is -0.420. The van der Waals surface area contributed by atoms with E-state index in [4.69, 9.17) is 0 Å². The molecule has 1 aliphatic rings. The van der Waals surface area contributed by atoms with Gasteiger partial charge in [-0.1, -0.05) is 0 Å². The lowest BCUT2D eigenvalue weighted by atomic mass is 10.4. The van der Waals surface area contributed by atoms with Gasteiger partial charge in [-0.15, -0.1) is 11.3 Å². The number of rotatable bonds is 7. The smallest absolute Gasteiger partial charge is 0.0325 e. The maximum absolute atomic E-state index is 3.20. The molecule has 1 fully saturated rings. The Kier molecular flexibility index (Phi) is 5.63. The minimum absolute atomic E-state index is 0.988. The van der Waals surface area contributed by atoms with Crippen LogP contribution in [0.25, 0.3) is 0 Å². The maximum atomic E-state index is 3.20. The highest BCUT2D eigenvalue weighted by atomic mass is 32.1. The summed E-state index contributed by atoms with van der Waals surface area (Å²) in [6.45, 7) is 7.09. The highest BCUT2D eigenvalue weighted by Gasteiger charge is 2.12. The first-order valence-electron chi connectivity index (χ1n) is 6.91. The number of nitrogens with zero attached hydrogens (tertiary/aromatic N) is 2. The van der Waals surface area contributed by atoms with Crippen molar-refractivity contribution in [1.29, 1.82) is 0 Å². The van der Waals surface area contributed by atoms with Crippen LogP contribution in [0.5, 0.6) is 0 Å². The van der Waals surface area contributed by atoms with Crippen LogP contribution in [0, 0.1) is 0 Å². The monoisotopic (exact) mass is 267 g/mol. The van der Waals surface area contributed by atoms with Gasteiger partial charge in [-0.3, -0.25) is 0 Å². The van der Waals surface area contributed by atoms with E-state index in [0.717, 1.165) is 13.1 Å². The first-order valence-corrected chi connectivity index (χ1v) is 7.72. The molecule has 0 bridgehead atoms. The Bertz CT molecular complexity index is 345. The average Bonchev–Trinajstić information content (AvgIpc) is 2.99. The van der Waals surface area contributed by atoms with Crippen LogP contribution in [0.15, 0.2) is 12.1 Å². The van der Waals surface area contributed by atoms with Crippen molar-refractivity contribution < 1.29 is 0 Å². The highest BCUT2D eigenvalue weighted by molar-refractivity contribution is 7.11. The van der Waals surface area contributed by atoms with Crippen molar-refractivity contribution in [2.45, 2.75) is 25.9 Å². The van der Waals surface area contributed by atoms with Crippen LogP contribution >= 0.6 is 11.3 Å². The van der Waals surface area contributed by atoms with E-state index in [1.165, 1.54) is 48.8 Å². The van der Waals surface area contributed by atoms with Crippen LogP contribution < -0.4 is 5.32 Å². The molecular formula is C14H25N3S. The quantitative estimate of drug-likeness (QED) is 0.815. The van der Waals surface area contributed by atoms with Crippen molar-refractivity contribution in [2.75, 3.05) is 40.3 Å². The van der Waals surface area contributed by atoms with Gasteiger partial charge in [0.15, 0.2) is 0 Å². The lowest BCUT2D eigenvalue weighted by Crippen LogP contribution is -2.30. The Morgan fingerprint density at radius 2 is 2.00 bits per heavy atom. The molecule has 0 unspecified atom stereocenters. The number of likely N-dealkylation sites (tertiary alicyclic amines) is 1. The average molecular weight is 267 g/mol. The fourth-order valence-corrected chi connectivity index (χ4v) is 3.55. The molecule has 0 aliphatic carbocycles. The van der Waals surface area contributed by atoms with Gasteiger partial charge in [0, 0.05) is 35.9 Å². The molecule has 1 N–H and O–H groups in total. The second-order valence-corrected chi connectivity index (χ2v) is 6.44. The standard InChI is InChI=1S/C14H25N3S/c1-15-11-13-5-6-14(18-13)12-16(2)9-10-17-7-3-4-8-17/h5-6,15H,3-4,7-12H2,1-2H3. The largest absolute Gasteiger partial charge is 0.315 e. The summed E-state index contributed by atoms with van der Waals surface area (Å²) in [7, 11) is 4.23. The van der Waals surface area contributed by atoms with E-state index in [1.807, 2.05) is 18.4 Å². The Morgan fingerprint density at radius 3 is 2.72 bits per heavy atom. The van der Waals surface area contributed by atoms with Gasteiger partial charge in [-0.2, -0.15) is 0 Å². The first-order chi connectivity index (χ1) is 8.78. The Labute approximate surface area is 115 Å². The van der Waals surface area contributed by atoms with E-state index < -0.39 is 0 Å². The maximum Gasteiger partial charge on any atom is 0.0325 e. The topological polar surface area (TPSA) is 18.5 Å². The summed E-state index contributed by atoms with van der Waals surface area (Å²) in [6.07, 6.45) is 2.78. The molecule has 0 spiro atoms. The van der Waals surface area contributed by atoms with Crippen LogP contribution in [0.4, 0.5) is 0 Å². The minimum atomic E-state index is 0.988. The number of nitrogens with one attached hydrogen (secondary N) is 1. The second-order valence-electron chi connectivity index (χ2n) is 5.18. The van der Waals surface area contributed by atoms with Gasteiger partial charge in [0.2, 0.25) is 0 Å². The normalized spacial score (nSPS) is 16.8. The molecule has 102 valence electrons. The van der Waals surface area contributed by atoms with E-state index >= 15 is 0 Å². The number of likely N-dealkylation sites (N-methyl/N-ethyl adjacent to an activating group) is 1. The van der Waals surface area contributed by atoms with Gasteiger partial charge in [-0.25, -0.2) is 0 Å². The number of hydrogen-bond donors (Lipinski definition) is 1. The second kappa shape index (κ2) is 7.24. The third-order valence-corrected chi connectivity index (χ3v) is 4.56.